The van der Waals surface area contributed by atoms with Crippen molar-refractivity contribution in [1.82, 2.24) is 4.72 Å². The molecule has 1 aliphatic carbocycles. The number of hydrogen-bond acceptors (Lipinski definition) is 3. The summed E-state index contributed by atoms with van der Waals surface area (Å²) >= 11 is 0. The predicted octanol–water partition coefficient (Wildman–Crippen LogP) is 4.19. The second-order valence-electron chi connectivity index (χ2n) is 7.67. The number of hydrogen-bond donors (Lipinski definition) is 1. The van der Waals surface area contributed by atoms with Crippen molar-refractivity contribution >= 4 is 20.8 Å². The molecule has 3 rings (SSSR count). The molecule has 1 aromatic carbocycles. The van der Waals surface area contributed by atoms with Gasteiger partial charge >= 0.3 is 0 Å². The smallest absolute Gasteiger partial charge is 0.264 e. The summed E-state index contributed by atoms with van der Waals surface area (Å²) in [6.07, 6.45) is 3.42. The van der Waals surface area contributed by atoms with E-state index in [1.807, 2.05) is 39.0 Å². The van der Waals surface area contributed by atoms with Crippen LogP contribution in [0.5, 0.6) is 0 Å². The van der Waals surface area contributed by atoms with Gasteiger partial charge in [0.25, 0.3) is 10.0 Å². The third kappa shape index (κ3) is 3.39. The molecule has 1 fully saturated rings. The van der Waals surface area contributed by atoms with Gasteiger partial charge in [-0.3, -0.25) is 9.71 Å². The summed E-state index contributed by atoms with van der Waals surface area (Å²) in [4.78, 5) is 5.19. The topological polar surface area (TPSA) is 58.5 Å². The highest BCUT2D eigenvalue weighted by Gasteiger charge is 2.34. The van der Waals surface area contributed by atoms with Gasteiger partial charge in [0.2, 0.25) is 0 Å². The zero-order valence-electron chi connectivity index (χ0n) is 15.8. The van der Waals surface area contributed by atoms with E-state index in [0.717, 1.165) is 35.1 Å². The van der Waals surface area contributed by atoms with Crippen LogP contribution in [0.4, 0.5) is 0 Å². The van der Waals surface area contributed by atoms with Crippen molar-refractivity contribution < 1.29 is 8.42 Å². The van der Waals surface area contributed by atoms with Crippen molar-refractivity contribution in [1.29, 1.82) is 0 Å². The van der Waals surface area contributed by atoms with Crippen LogP contribution in [0.3, 0.4) is 0 Å². The second kappa shape index (κ2) is 6.60. The van der Waals surface area contributed by atoms with Crippen LogP contribution < -0.4 is 4.72 Å². The van der Waals surface area contributed by atoms with Gasteiger partial charge in [0.1, 0.15) is 10.7 Å². The molecule has 2 aliphatic rings. The Morgan fingerprint density at radius 2 is 1.80 bits per heavy atom. The van der Waals surface area contributed by atoms with E-state index in [2.05, 4.69) is 18.6 Å². The van der Waals surface area contributed by atoms with Crippen molar-refractivity contribution in [2.24, 2.45) is 16.8 Å². The molecule has 136 valence electrons. The monoisotopic (exact) mass is 360 g/mol. The number of sulfonamides is 1. The average Bonchev–Trinajstić information content (AvgIpc) is 2.76. The first-order valence-corrected chi connectivity index (χ1v) is 10.6. The summed E-state index contributed by atoms with van der Waals surface area (Å²) in [6.45, 7) is 10.4. The average molecular weight is 361 g/mol. The Morgan fingerprint density at radius 1 is 1.08 bits per heavy atom. The summed E-state index contributed by atoms with van der Waals surface area (Å²) in [6, 6.07) is 5.99. The Balaban J connectivity index is 2.02. The summed E-state index contributed by atoms with van der Waals surface area (Å²) in [5, 5.41) is 0. The van der Waals surface area contributed by atoms with Crippen LogP contribution in [0.15, 0.2) is 28.8 Å². The third-order valence-corrected chi connectivity index (χ3v) is 7.46. The molecular weight excluding hydrogens is 332 g/mol. The molecule has 3 unspecified atom stereocenters. The minimum atomic E-state index is -3.55. The molecule has 5 heteroatoms. The van der Waals surface area contributed by atoms with Gasteiger partial charge in [-0.25, -0.2) is 8.42 Å². The number of aliphatic imine (C=N–C) groups is 1. The second-order valence-corrected chi connectivity index (χ2v) is 9.29. The Bertz CT molecular complexity index is 852. The largest absolute Gasteiger partial charge is 0.264 e. The van der Waals surface area contributed by atoms with Crippen LogP contribution in [0.2, 0.25) is 0 Å². The molecule has 1 saturated carbocycles. The first kappa shape index (κ1) is 18.2. The first-order valence-electron chi connectivity index (χ1n) is 9.10. The van der Waals surface area contributed by atoms with Gasteiger partial charge in [-0.1, -0.05) is 44.9 Å². The van der Waals surface area contributed by atoms with Crippen molar-refractivity contribution in [3.05, 3.63) is 40.5 Å². The van der Waals surface area contributed by atoms with E-state index < -0.39 is 10.0 Å². The summed E-state index contributed by atoms with van der Waals surface area (Å²) in [5.41, 5.74) is 3.72. The third-order valence-electron chi connectivity index (χ3n) is 5.92. The molecule has 1 aromatic rings. The Morgan fingerprint density at radius 3 is 2.48 bits per heavy atom. The molecule has 0 aromatic heterocycles. The molecule has 1 heterocycles. The maximum absolute atomic E-state index is 12.7. The van der Waals surface area contributed by atoms with E-state index in [9.17, 15) is 8.42 Å². The van der Waals surface area contributed by atoms with Crippen LogP contribution in [-0.4, -0.2) is 20.3 Å². The normalized spacial score (nSPS) is 30.6. The molecule has 0 saturated heterocycles. The summed E-state index contributed by atoms with van der Waals surface area (Å²) in [5.74, 6) is 1.63. The number of aryl methyl sites for hydroxylation is 2. The Labute approximate surface area is 151 Å². The van der Waals surface area contributed by atoms with Crippen molar-refractivity contribution in [2.45, 2.75) is 59.9 Å². The number of nitrogens with zero attached hydrogens (tertiary/aromatic N) is 1. The van der Waals surface area contributed by atoms with Crippen molar-refractivity contribution in [3.8, 4) is 0 Å². The molecule has 0 radical (unpaired) electrons. The highest BCUT2D eigenvalue weighted by Crippen LogP contribution is 2.34. The van der Waals surface area contributed by atoms with E-state index >= 15 is 0 Å². The molecular formula is C20H28N2O2S. The van der Waals surface area contributed by atoms with Gasteiger partial charge in [0.15, 0.2) is 0 Å². The van der Waals surface area contributed by atoms with Gasteiger partial charge in [-0.15, -0.1) is 0 Å². The lowest BCUT2D eigenvalue weighted by molar-refractivity contribution is 0.241. The molecule has 3 atom stereocenters. The SMILES string of the molecule is CC1=C(c2ccc(C)c(C)c2)S(=O)(=O)NC1=NC1CCCC(C)C1C. The fraction of sp³-hybridized carbons (Fsp3) is 0.550. The zero-order valence-corrected chi connectivity index (χ0v) is 16.6. The highest BCUT2D eigenvalue weighted by atomic mass is 32.2. The van der Waals surface area contributed by atoms with Gasteiger partial charge in [-0.2, -0.15) is 0 Å². The fourth-order valence-corrected chi connectivity index (χ4v) is 5.34. The molecule has 0 amide bonds. The quantitative estimate of drug-likeness (QED) is 0.859. The molecule has 0 spiro atoms. The van der Waals surface area contributed by atoms with Crippen LogP contribution in [0.25, 0.3) is 4.91 Å². The first-order chi connectivity index (χ1) is 11.7. The van der Waals surface area contributed by atoms with E-state index in [0.29, 0.717) is 22.6 Å². The maximum atomic E-state index is 12.7. The van der Waals surface area contributed by atoms with E-state index in [1.165, 1.54) is 6.42 Å². The Hall–Kier alpha value is -1.62. The lowest BCUT2D eigenvalue weighted by Crippen LogP contribution is -2.31. The van der Waals surface area contributed by atoms with E-state index in [1.54, 1.807) is 0 Å². The lowest BCUT2D eigenvalue weighted by atomic mass is 9.78. The van der Waals surface area contributed by atoms with Gasteiger partial charge in [0, 0.05) is 5.57 Å². The Kier molecular flexibility index (Phi) is 4.80. The van der Waals surface area contributed by atoms with Crippen LogP contribution >= 0.6 is 0 Å². The number of nitrogens with one attached hydrogen (secondary N) is 1. The van der Waals surface area contributed by atoms with E-state index in [-0.39, 0.29) is 6.04 Å². The molecule has 0 bridgehead atoms. The highest BCUT2D eigenvalue weighted by molar-refractivity contribution is 8.00. The van der Waals surface area contributed by atoms with Gasteiger partial charge in [-0.05, 0) is 55.7 Å². The number of benzene rings is 1. The fourth-order valence-electron chi connectivity index (χ4n) is 3.84. The zero-order chi connectivity index (χ0) is 18.4. The molecule has 1 N–H and O–H groups in total. The number of amidine groups is 1. The van der Waals surface area contributed by atoms with Gasteiger partial charge in [0.05, 0.1) is 6.04 Å². The van der Waals surface area contributed by atoms with Crippen LogP contribution in [0, 0.1) is 25.7 Å². The minimum absolute atomic E-state index is 0.190. The summed E-state index contributed by atoms with van der Waals surface area (Å²) in [7, 11) is -3.55. The van der Waals surface area contributed by atoms with Crippen LogP contribution in [-0.2, 0) is 10.0 Å². The molecule has 4 nitrogen and oxygen atoms in total. The predicted molar refractivity (Wildman–Crippen MR) is 104 cm³/mol. The molecule has 1 aliphatic heterocycles. The van der Waals surface area contributed by atoms with Crippen LogP contribution in [0.1, 0.15) is 56.7 Å². The summed E-state index contributed by atoms with van der Waals surface area (Å²) < 4.78 is 28.1. The van der Waals surface area contributed by atoms with Gasteiger partial charge < -0.3 is 0 Å². The lowest BCUT2D eigenvalue weighted by Gasteiger charge is -2.31. The maximum Gasteiger partial charge on any atom is 0.264 e. The van der Waals surface area contributed by atoms with Crippen molar-refractivity contribution in [3.63, 3.8) is 0 Å². The standard InChI is InChI=1S/C20H28N2O2S/c1-12-9-10-17(11-14(12)3)19-16(5)20(22-25(19,23)24)21-18-8-6-7-13(2)15(18)4/h9-11,13,15,18H,6-8H2,1-5H3,(H,21,22). The van der Waals surface area contributed by atoms with E-state index in [4.69, 9.17) is 4.99 Å². The minimum Gasteiger partial charge on any atom is -0.264 e. The molecule has 25 heavy (non-hydrogen) atoms. The van der Waals surface area contributed by atoms with Crippen molar-refractivity contribution in [2.75, 3.05) is 0 Å². The number of rotatable bonds is 2.